The van der Waals surface area contributed by atoms with E-state index in [4.69, 9.17) is 0 Å². The molecule has 1 aliphatic heterocycles. The third-order valence-corrected chi connectivity index (χ3v) is 6.09. The number of carbonyl (C=O) groups excluding carboxylic acids is 1. The van der Waals surface area contributed by atoms with Crippen LogP contribution in [-0.2, 0) is 11.3 Å². The van der Waals surface area contributed by atoms with Gasteiger partial charge in [-0.05, 0) is 42.5 Å². The van der Waals surface area contributed by atoms with Gasteiger partial charge in [-0.1, -0.05) is 30.3 Å². The first-order valence-electron chi connectivity index (χ1n) is 10.2. The summed E-state index contributed by atoms with van der Waals surface area (Å²) in [6.07, 6.45) is 3.82. The molecule has 0 bridgehead atoms. The molecule has 7 nitrogen and oxygen atoms in total. The van der Waals surface area contributed by atoms with Crippen molar-refractivity contribution in [2.45, 2.75) is 25.3 Å². The summed E-state index contributed by atoms with van der Waals surface area (Å²) in [5, 5.41) is 4.44. The highest BCUT2D eigenvalue weighted by molar-refractivity contribution is 5.84. The fourth-order valence-electron chi connectivity index (χ4n) is 4.46. The number of aromatic amines is 2. The molecule has 30 heavy (non-hydrogen) atoms. The molecule has 0 atom stereocenters. The first kappa shape index (κ1) is 18.4. The maximum absolute atomic E-state index is 12.8. The van der Waals surface area contributed by atoms with E-state index in [9.17, 15) is 14.4 Å². The van der Waals surface area contributed by atoms with Gasteiger partial charge in [-0.15, -0.1) is 0 Å². The first-order chi connectivity index (χ1) is 14.6. The number of nitrogens with zero attached hydrogens (tertiary/aromatic N) is 2. The molecule has 2 aromatic heterocycles. The van der Waals surface area contributed by atoms with Gasteiger partial charge in [0.15, 0.2) is 0 Å². The molecule has 1 saturated heterocycles. The molecule has 7 heteroatoms. The molecule has 1 amide bonds. The smallest absolute Gasteiger partial charge is 0.273 e. The molecule has 2 N–H and O–H groups in total. The van der Waals surface area contributed by atoms with Crippen molar-refractivity contribution in [1.82, 2.24) is 19.7 Å². The monoisotopic (exact) mass is 402 g/mol. The Balaban J connectivity index is 1.31. The summed E-state index contributed by atoms with van der Waals surface area (Å²) >= 11 is 0. The molecule has 5 rings (SSSR count). The topological polar surface area (TPSA) is 91.0 Å². The van der Waals surface area contributed by atoms with E-state index < -0.39 is 0 Å². The summed E-state index contributed by atoms with van der Waals surface area (Å²) in [5.74, 6) is 0.244. The summed E-state index contributed by atoms with van der Waals surface area (Å²) in [4.78, 5) is 42.8. The van der Waals surface area contributed by atoms with Gasteiger partial charge in [0, 0.05) is 30.2 Å². The number of H-pyrrole nitrogens is 2. The molecule has 3 heterocycles. The van der Waals surface area contributed by atoms with Crippen molar-refractivity contribution in [3.63, 3.8) is 0 Å². The van der Waals surface area contributed by atoms with Crippen molar-refractivity contribution in [1.29, 1.82) is 0 Å². The highest BCUT2D eigenvalue weighted by Gasteiger charge is 2.26. The summed E-state index contributed by atoms with van der Waals surface area (Å²) in [6, 6.07) is 14.9. The van der Waals surface area contributed by atoms with Gasteiger partial charge >= 0.3 is 0 Å². The Hall–Kier alpha value is -3.61. The van der Waals surface area contributed by atoms with Crippen LogP contribution in [-0.4, -0.2) is 38.7 Å². The Bertz CT molecular complexity index is 1360. The third-order valence-electron chi connectivity index (χ3n) is 6.09. The van der Waals surface area contributed by atoms with Crippen molar-refractivity contribution in [3.8, 4) is 0 Å². The largest absolute Gasteiger partial charge is 0.361 e. The maximum Gasteiger partial charge on any atom is 0.273 e. The Morgan fingerprint density at radius 2 is 1.60 bits per heavy atom. The predicted molar refractivity (Wildman–Crippen MR) is 116 cm³/mol. The van der Waals surface area contributed by atoms with E-state index in [2.05, 4.69) is 28.4 Å². The number of carbonyl (C=O) groups is 1. The number of para-hydroxylation sites is 1. The Morgan fingerprint density at radius 1 is 0.933 bits per heavy atom. The van der Waals surface area contributed by atoms with Gasteiger partial charge in [-0.3, -0.25) is 19.5 Å². The van der Waals surface area contributed by atoms with Crippen LogP contribution in [0.2, 0.25) is 0 Å². The highest BCUT2D eigenvalue weighted by atomic mass is 16.2. The van der Waals surface area contributed by atoms with Gasteiger partial charge in [0.1, 0.15) is 6.54 Å². The second-order valence-electron chi connectivity index (χ2n) is 7.82. The van der Waals surface area contributed by atoms with Crippen molar-refractivity contribution >= 4 is 27.6 Å². The Labute approximate surface area is 171 Å². The lowest BCUT2D eigenvalue weighted by atomic mass is 9.89. The van der Waals surface area contributed by atoms with Crippen LogP contribution < -0.4 is 11.1 Å². The van der Waals surface area contributed by atoms with E-state index in [0.717, 1.165) is 23.0 Å². The number of hydrogen-bond acceptors (Lipinski definition) is 3. The van der Waals surface area contributed by atoms with Gasteiger partial charge in [0.2, 0.25) is 5.91 Å². The van der Waals surface area contributed by atoms with E-state index in [1.165, 1.54) is 10.9 Å². The number of fused-ring (bicyclic) bond motifs is 2. The number of aromatic nitrogens is 3. The van der Waals surface area contributed by atoms with Crippen LogP contribution >= 0.6 is 0 Å². The second kappa shape index (κ2) is 7.33. The number of likely N-dealkylation sites (tertiary alicyclic amines) is 1. The van der Waals surface area contributed by atoms with Crippen molar-refractivity contribution in [3.05, 3.63) is 81.0 Å². The zero-order valence-electron chi connectivity index (χ0n) is 16.4. The fourth-order valence-corrected chi connectivity index (χ4v) is 4.46. The summed E-state index contributed by atoms with van der Waals surface area (Å²) in [5.41, 5.74) is 1.71. The van der Waals surface area contributed by atoms with Crippen LogP contribution in [0.5, 0.6) is 0 Å². The minimum atomic E-state index is -0.365. The molecule has 0 radical (unpaired) electrons. The van der Waals surface area contributed by atoms with E-state index in [-0.39, 0.29) is 23.6 Å². The van der Waals surface area contributed by atoms with Gasteiger partial charge in [-0.2, -0.15) is 0 Å². The molecular formula is C23H22N4O3. The molecule has 0 unspecified atom stereocenters. The zero-order valence-corrected chi connectivity index (χ0v) is 16.4. The van der Waals surface area contributed by atoms with E-state index in [1.807, 2.05) is 12.1 Å². The van der Waals surface area contributed by atoms with Gasteiger partial charge in [0.25, 0.3) is 11.1 Å². The number of hydrogen-bond donors (Lipinski definition) is 2. The SMILES string of the molecule is O=C(Cn1[nH]c(=O)c2ccccc2c1=O)N1CCC(c2c[nH]c3ccccc23)CC1. The molecule has 0 saturated carbocycles. The third kappa shape index (κ3) is 3.12. The summed E-state index contributed by atoms with van der Waals surface area (Å²) in [6.45, 7) is 1.11. The molecule has 4 aromatic rings. The van der Waals surface area contributed by atoms with Gasteiger partial charge in [-0.25, -0.2) is 4.68 Å². The molecule has 152 valence electrons. The summed E-state index contributed by atoms with van der Waals surface area (Å²) < 4.78 is 1.12. The quantitative estimate of drug-likeness (QED) is 0.552. The fraction of sp³-hybridized carbons (Fsp3) is 0.261. The van der Waals surface area contributed by atoms with Crippen LogP contribution in [0.4, 0.5) is 0 Å². The lowest BCUT2D eigenvalue weighted by Gasteiger charge is -2.32. The number of piperidine rings is 1. The first-order valence-corrected chi connectivity index (χ1v) is 10.2. The average molecular weight is 402 g/mol. The molecule has 1 aliphatic rings. The number of benzene rings is 2. The Morgan fingerprint density at radius 3 is 2.37 bits per heavy atom. The number of nitrogens with one attached hydrogen (secondary N) is 2. The summed E-state index contributed by atoms with van der Waals surface area (Å²) in [7, 11) is 0. The highest BCUT2D eigenvalue weighted by Crippen LogP contribution is 2.33. The molecule has 0 aliphatic carbocycles. The van der Waals surface area contributed by atoms with E-state index in [0.29, 0.717) is 29.8 Å². The van der Waals surface area contributed by atoms with Crippen molar-refractivity contribution in [2.75, 3.05) is 13.1 Å². The Kier molecular flexibility index (Phi) is 4.50. The van der Waals surface area contributed by atoms with E-state index in [1.54, 1.807) is 29.2 Å². The van der Waals surface area contributed by atoms with Crippen LogP contribution in [0.15, 0.2) is 64.3 Å². The van der Waals surface area contributed by atoms with E-state index >= 15 is 0 Å². The van der Waals surface area contributed by atoms with Crippen molar-refractivity contribution in [2.24, 2.45) is 0 Å². The lowest BCUT2D eigenvalue weighted by molar-refractivity contribution is -0.133. The average Bonchev–Trinajstić information content (AvgIpc) is 3.21. The molecule has 1 fully saturated rings. The molecule has 0 spiro atoms. The standard InChI is InChI=1S/C23H22N4O3/c28-21(14-27-23(30)18-7-2-1-6-17(18)22(29)25-27)26-11-9-15(10-12-26)19-13-24-20-8-4-3-5-16(19)20/h1-8,13,15,24H,9-12,14H2,(H,25,29). The van der Waals surface area contributed by atoms with Gasteiger partial charge < -0.3 is 9.88 Å². The van der Waals surface area contributed by atoms with Crippen LogP contribution in [0.25, 0.3) is 21.7 Å². The minimum Gasteiger partial charge on any atom is -0.361 e. The normalized spacial score (nSPS) is 15.1. The van der Waals surface area contributed by atoms with Crippen LogP contribution in [0.3, 0.4) is 0 Å². The van der Waals surface area contributed by atoms with Crippen LogP contribution in [0, 0.1) is 0 Å². The van der Waals surface area contributed by atoms with Crippen molar-refractivity contribution < 1.29 is 4.79 Å². The van der Waals surface area contributed by atoms with Crippen LogP contribution in [0.1, 0.15) is 24.3 Å². The zero-order chi connectivity index (χ0) is 20.7. The molecule has 2 aromatic carbocycles. The lowest BCUT2D eigenvalue weighted by Crippen LogP contribution is -2.42. The minimum absolute atomic E-state index is 0.152. The second-order valence-corrected chi connectivity index (χ2v) is 7.82. The maximum atomic E-state index is 12.8. The number of rotatable bonds is 3. The number of amides is 1. The molecular weight excluding hydrogens is 380 g/mol. The van der Waals surface area contributed by atoms with Gasteiger partial charge in [0.05, 0.1) is 10.8 Å². The predicted octanol–water partition coefficient (Wildman–Crippen LogP) is 2.58.